The highest BCUT2D eigenvalue weighted by Gasteiger charge is 2.54. The zero-order valence-corrected chi connectivity index (χ0v) is 17.2. The quantitative estimate of drug-likeness (QED) is 0.788. The van der Waals surface area contributed by atoms with Crippen molar-refractivity contribution < 1.29 is 8.42 Å². The predicted molar refractivity (Wildman–Crippen MR) is 109 cm³/mol. The van der Waals surface area contributed by atoms with Crippen molar-refractivity contribution in [1.82, 2.24) is 9.71 Å². The molecule has 27 heavy (non-hydrogen) atoms. The minimum atomic E-state index is -3.30. The lowest BCUT2D eigenvalue weighted by Crippen LogP contribution is -2.63. The molecule has 2 aliphatic rings. The van der Waals surface area contributed by atoms with Gasteiger partial charge in [-0.25, -0.2) is 13.1 Å². The lowest BCUT2D eigenvalue weighted by atomic mass is 9.55. The third kappa shape index (κ3) is 3.94. The number of sulfonamides is 1. The SMILES string of the molecule is CS(=O)(=O)NC(c1cccnc1)C1CC2(C1)CN(c1ccc(Cl)c(Cl)c1)C2. The van der Waals surface area contributed by atoms with Crippen molar-refractivity contribution in [3.63, 3.8) is 0 Å². The molecule has 2 aromatic rings. The predicted octanol–water partition coefficient (Wildman–Crippen LogP) is 3.90. The van der Waals surface area contributed by atoms with Gasteiger partial charge in [0.25, 0.3) is 0 Å². The second-order valence-electron chi connectivity index (χ2n) is 7.78. The van der Waals surface area contributed by atoms with Crippen molar-refractivity contribution >= 4 is 38.9 Å². The highest BCUT2D eigenvalue weighted by atomic mass is 35.5. The van der Waals surface area contributed by atoms with E-state index < -0.39 is 10.0 Å². The zero-order chi connectivity index (χ0) is 19.2. The monoisotopic (exact) mass is 425 g/mol. The van der Waals surface area contributed by atoms with Crippen molar-refractivity contribution in [2.45, 2.75) is 18.9 Å². The Morgan fingerprint density at radius 2 is 1.96 bits per heavy atom. The average molecular weight is 426 g/mol. The van der Waals surface area contributed by atoms with Gasteiger partial charge < -0.3 is 4.90 Å². The number of rotatable bonds is 5. The van der Waals surface area contributed by atoms with Gasteiger partial charge in [0.1, 0.15) is 0 Å². The summed E-state index contributed by atoms with van der Waals surface area (Å²) in [6.07, 6.45) is 6.64. The van der Waals surface area contributed by atoms with Crippen LogP contribution in [0.1, 0.15) is 24.4 Å². The molecular formula is C19H21Cl2N3O2S. The van der Waals surface area contributed by atoms with Crippen molar-refractivity contribution in [2.24, 2.45) is 11.3 Å². The van der Waals surface area contributed by atoms with Crippen LogP contribution >= 0.6 is 23.2 Å². The van der Waals surface area contributed by atoms with Crippen molar-refractivity contribution in [1.29, 1.82) is 0 Å². The first-order valence-electron chi connectivity index (χ1n) is 8.82. The summed E-state index contributed by atoms with van der Waals surface area (Å²) >= 11 is 12.1. The molecule has 144 valence electrons. The van der Waals surface area contributed by atoms with Crippen LogP contribution in [0.4, 0.5) is 5.69 Å². The Morgan fingerprint density at radius 3 is 2.56 bits per heavy atom. The van der Waals surface area contributed by atoms with E-state index in [1.54, 1.807) is 12.4 Å². The number of aromatic nitrogens is 1. The number of anilines is 1. The molecular weight excluding hydrogens is 405 g/mol. The van der Waals surface area contributed by atoms with Gasteiger partial charge in [0.2, 0.25) is 10.0 Å². The fraction of sp³-hybridized carbons (Fsp3) is 0.421. The molecule has 8 heteroatoms. The first-order chi connectivity index (χ1) is 12.7. The van der Waals surface area contributed by atoms with E-state index in [-0.39, 0.29) is 17.4 Å². The molecule has 1 saturated heterocycles. The van der Waals surface area contributed by atoms with Crippen LogP contribution in [0.25, 0.3) is 0 Å². The van der Waals surface area contributed by atoms with E-state index in [2.05, 4.69) is 14.6 Å². The molecule has 1 spiro atoms. The van der Waals surface area contributed by atoms with Gasteiger partial charge in [-0.15, -0.1) is 0 Å². The van der Waals surface area contributed by atoms with Crippen molar-refractivity contribution in [2.75, 3.05) is 24.2 Å². The van der Waals surface area contributed by atoms with Gasteiger partial charge in [0, 0.05) is 36.6 Å². The molecule has 1 aliphatic heterocycles. The molecule has 4 rings (SSSR count). The van der Waals surface area contributed by atoms with Crippen LogP contribution < -0.4 is 9.62 Å². The standard InChI is InChI=1S/C19H21Cl2N3O2S/c1-27(25,26)23-18(13-3-2-6-22-10-13)14-8-19(9-14)11-24(12-19)15-4-5-16(20)17(21)7-15/h2-7,10,14,18,23H,8-9,11-12H2,1H3. The molecule has 0 radical (unpaired) electrons. The largest absolute Gasteiger partial charge is 0.370 e. The molecule has 0 bridgehead atoms. The summed E-state index contributed by atoms with van der Waals surface area (Å²) < 4.78 is 26.5. The first kappa shape index (κ1) is 19.0. The molecule has 1 unspecified atom stereocenters. The number of pyridine rings is 1. The van der Waals surface area contributed by atoms with Gasteiger partial charge in [-0.3, -0.25) is 4.98 Å². The number of benzene rings is 1. The summed E-state index contributed by atoms with van der Waals surface area (Å²) in [7, 11) is -3.30. The molecule has 2 fully saturated rings. The third-order valence-corrected chi connectivity index (χ3v) is 6.99. The lowest BCUT2D eigenvalue weighted by Gasteiger charge is -2.61. The molecule has 1 N–H and O–H groups in total. The molecule has 1 aromatic heterocycles. The van der Waals surface area contributed by atoms with Crippen LogP contribution in [0.2, 0.25) is 10.0 Å². The van der Waals surface area contributed by atoms with Crippen LogP contribution in [0, 0.1) is 11.3 Å². The second kappa shape index (κ2) is 6.92. The summed E-state index contributed by atoms with van der Waals surface area (Å²) in [5.41, 5.74) is 2.26. The van der Waals surface area contributed by atoms with E-state index in [9.17, 15) is 8.42 Å². The van der Waals surface area contributed by atoms with Crippen molar-refractivity contribution in [3.8, 4) is 0 Å². The molecule has 5 nitrogen and oxygen atoms in total. The minimum absolute atomic E-state index is 0.224. The summed E-state index contributed by atoms with van der Waals surface area (Å²) in [5, 5.41) is 1.13. The van der Waals surface area contributed by atoms with Gasteiger partial charge >= 0.3 is 0 Å². The van der Waals surface area contributed by atoms with Crippen molar-refractivity contribution in [3.05, 3.63) is 58.3 Å². The maximum atomic E-state index is 11.8. The first-order valence-corrected chi connectivity index (χ1v) is 11.5. The summed E-state index contributed by atoms with van der Waals surface area (Å²) in [6.45, 7) is 1.92. The Labute approximate surface area is 169 Å². The smallest absolute Gasteiger partial charge is 0.209 e. The number of nitrogens with zero attached hydrogens (tertiary/aromatic N) is 2. The van der Waals surface area contributed by atoms with Gasteiger partial charge in [-0.2, -0.15) is 0 Å². The fourth-order valence-corrected chi connectivity index (χ4v) is 5.48. The van der Waals surface area contributed by atoms with E-state index in [1.165, 1.54) is 6.26 Å². The normalized spacial score (nSPS) is 20.2. The number of nitrogens with one attached hydrogen (secondary N) is 1. The number of halogens is 2. The Hall–Kier alpha value is -1.34. The van der Waals surface area contributed by atoms with E-state index in [0.717, 1.165) is 37.2 Å². The van der Waals surface area contributed by atoms with Crippen LogP contribution in [0.3, 0.4) is 0 Å². The van der Waals surface area contributed by atoms with Crippen LogP contribution in [0.5, 0.6) is 0 Å². The molecule has 2 heterocycles. The Balaban J connectivity index is 1.42. The topological polar surface area (TPSA) is 62.3 Å². The molecule has 1 aliphatic carbocycles. The van der Waals surface area contributed by atoms with Gasteiger partial charge in [0.05, 0.1) is 22.3 Å². The van der Waals surface area contributed by atoms with Crippen LogP contribution in [0.15, 0.2) is 42.7 Å². The molecule has 1 aromatic carbocycles. The van der Waals surface area contributed by atoms with E-state index in [0.29, 0.717) is 10.0 Å². The maximum absolute atomic E-state index is 11.8. The van der Waals surface area contributed by atoms with Gasteiger partial charge in [-0.1, -0.05) is 29.3 Å². The van der Waals surface area contributed by atoms with Crippen LogP contribution in [-0.4, -0.2) is 32.7 Å². The van der Waals surface area contributed by atoms with E-state index in [1.807, 2.05) is 30.3 Å². The summed E-state index contributed by atoms with van der Waals surface area (Å²) in [5.74, 6) is 0.278. The Kier molecular flexibility index (Phi) is 4.87. The maximum Gasteiger partial charge on any atom is 0.209 e. The summed E-state index contributed by atoms with van der Waals surface area (Å²) in [4.78, 5) is 6.44. The molecule has 1 atom stereocenters. The molecule has 1 saturated carbocycles. The highest BCUT2D eigenvalue weighted by molar-refractivity contribution is 7.88. The lowest BCUT2D eigenvalue weighted by molar-refractivity contribution is 0.00653. The van der Waals surface area contributed by atoms with E-state index in [4.69, 9.17) is 23.2 Å². The van der Waals surface area contributed by atoms with Crippen LogP contribution in [-0.2, 0) is 10.0 Å². The fourth-order valence-electron chi connectivity index (χ4n) is 4.40. The van der Waals surface area contributed by atoms with Gasteiger partial charge in [-0.05, 0) is 48.6 Å². The minimum Gasteiger partial charge on any atom is -0.370 e. The number of hydrogen-bond acceptors (Lipinski definition) is 4. The second-order valence-corrected chi connectivity index (χ2v) is 10.4. The Morgan fingerprint density at radius 1 is 1.22 bits per heavy atom. The van der Waals surface area contributed by atoms with Gasteiger partial charge in [0.15, 0.2) is 0 Å². The Bertz CT molecular complexity index is 939. The number of hydrogen-bond donors (Lipinski definition) is 1. The highest BCUT2D eigenvalue weighted by Crippen LogP contribution is 2.56. The zero-order valence-electron chi connectivity index (χ0n) is 14.9. The average Bonchev–Trinajstić information content (AvgIpc) is 2.54. The third-order valence-electron chi connectivity index (χ3n) is 5.57. The summed E-state index contributed by atoms with van der Waals surface area (Å²) in [6, 6.07) is 9.26. The molecule has 0 amide bonds. The van der Waals surface area contributed by atoms with E-state index >= 15 is 0 Å².